The maximum Gasteiger partial charge on any atom is 0.279 e. The molecule has 0 unspecified atom stereocenters. The highest BCUT2D eigenvalue weighted by atomic mass is 32.1. The Morgan fingerprint density at radius 3 is 2.74 bits per heavy atom. The molecule has 6 heteroatoms. The molecule has 19 heavy (non-hydrogen) atoms. The van der Waals surface area contributed by atoms with Gasteiger partial charge in [0.2, 0.25) is 0 Å². The molecule has 2 N–H and O–H groups in total. The number of hydrogen-bond donors (Lipinski definition) is 2. The Morgan fingerprint density at radius 2 is 2.16 bits per heavy atom. The van der Waals surface area contributed by atoms with E-state index in [0.717, 1.165) is 5.69 Å². The first-order chi connectivity index (χ1) is 8.88. The van der Waals surface area contributed by atoms with Crippen LogP contribution in [0.1, 0.15) is 37.0 Å². The molecular weight excluding hydrogens is 262 g/mol. The van der Waals surface area contributed by atoms with Crippen LogP contribution < -0.4 is 5.32 Å². The van der Waals surface area contributed by atoms with Crippen LogP contribution in [-0.4, -0.2) is 21.0 Å². The third-order valence-corrected chi connectivity index (χ3v) is 3.25. The first-order valence-corrected chi connectivity index (χ1v) is 6.67. The molecule has 0 aromatic carbocycles. The van der Waals surface area contributed by atoms with Gasteiger partial charge in [-0.15, -0.1) is 11.3 Å². The number of aromatic nitrogens is 2. The molecular formula is C13H15N3O2S. The lowest BCUT2D eigenvalue weighted by Gasteiger charge is -2.14. The van der Waals surface area contributed by atoms with Crippen LogP contribution in [0, 0.1) is 0 Å². The van der Waals surface area contributed by atoms with Gasteiger partial charge in [0.1, 0.15) is 5.75 Å². The average molecular weight is 277 g/mol. The zero-order valence-corrected chi connectivity index (χ0v) is 11.8. The first kappa shape index (κ1) is 13.5. The molecule has 0 spiro atoms. The Balaban J connectivity index is 2.16. The molecule has 0 aliphatic carbocycles. The van der Waals surface area contributed by atoms with E-state index in [9.17, 15) is 9.90 Å². The zero-order chi connectivity index (χ0) is 14.0. The summed E-state index contributed by atoms with van der Waals surface area (Å²) in [6.07, 6.45) is 1.46. The molecule has 0 aliphatic heterocycles. The van der Waals surface area contributed by atoms with Gasteiger partial charge >= 0.3 is 0 Å². The Kier molecular flexibility index (Phi) is 3.53. The van der Waals surface area contributed by atoms with Crippen molar-refractivity contribution >= 4 is 22.4 Å². The van der Waals surface area contributed by atoms with Crippen LogP contribution in [0.5, 0.6) is 5.75 Å². The number of carbonyl (C=O) groups is 1. The van der Waals surface area contributed by atoms with Crippen molar-refractivity contribution in [3.05, 3.63) is 35.1 Å². The highest BCUT2D eigenvalue weighted by molar-refractivity contribution is 7.14. The standard InChI is InChI=1S/C13H15N3O2S/c1-13(2,3)9-7-19-12(15-9)16-11(18)10-8(17)5-4-6-14-10/h4-7,17H,1-3H3,(H,15,16,18). The van der Waals surface area contributed by atoms with E-state index in [1.807, 2.05) is 5.38 Å². The third-order valence-electron chi connectivity index (χ3n) is 2.49. The average Bonchev–Trinajstić information content (AvgIpc) is 2.77. The lowest BCUT2D eigenvalue weighted by Crippen LogP contribution is -2.15. The second kappa shape index (κ2) is 4.97. The number of thiazole rings is 1. The minimum Gasteiger partial charge on any atom is -0.505 e. The molecule has 2 aromatic heterocycles. The van der Waals surface area contributed by atoms with Gasteiger partial charge < -0.3 is 5.11 Å². The number of rotatable bonds is 2. The second-order valence-electron chi connectivity index (χ2n) is 5.11. The van der Waals surface area contributed by atoms with Crippen molar-refractivity contribution < 1.29 is 9.90 Å². The maximum atomic E-state index is 11.9. The fourth-order valence-electron chi connectivity index (χ4n) is 1.40. The Bertz CT molecular complexity index is 602. The summed E-state index contributed by atoms with van der Waals surface area (Å²) in [7, 11) is 0. The van der Waals surface area contributed by atoms with Crippen LogP contribution in [0.2, 0.25) is 0 Å². The van der Waals surface area contributed by atoms with Gasteiger partial charge in [-0.2, -0.15) is 0 Å². The normalized spacial score (nSPS) is 11.3. The van der Waals surface area contributed by atoms with Gasteiger partial charge in [0.05, 0.1) is 5.69 Å². The number of hydrogen-bond acceptors (Lipinski definition) is 5. The molecule has 0 aliphatic rings. The molecule has 2 aromatic rings. The van der Waals surface area contributed by atoms with Gasteiger partial charge in [-0.3, -0.25) is 10.1 Å². The van der Waals surface area contributed by atoms with E-state index >= 15 is 0 Å². The van der Waals surface area contributed by atoms with Crippen LogP contribution >= 0.6 is 11.3 Å². The Hall–Kier alpha value is -1.95. The zero-order valence-electron chi connectivity index (χ0n) is 11.0. The summed E-state index contributed by atoms with van der Waals surface area (Å²) in [5.74, 6) is -0.611. The number of pyridine rings is 1. The van der Waals surface area contributed by atoms with Gasteiger partial charge in [0, 0.05) is 17.0 Å². The Labute approximate surface area is 115 Å². The minimum absolute atomic E-state index is 0.00462. The highest BCUT2D eigenvalue weighted by Gasteiger charge is 2.19. The molecule has 0 saturated heterocycles. The number of anilines is 1. The second-order valence-corrected chi connectivity index (χ2v) is 5.97. The smallest absolute Gasteiger partial charge is 0.279 e. The van der Waals surface area contributed by atoms with Crippen LogP contribution in [0.25, 0.3) is 0 Å². The lowest BCUT2D eigenvalue weighted by atomic mass is 9.93. The van der Waals surface area contributed by atoms with Crippen molar-refractivity contribution in [2.75, 3.05) is 5.32 Å². The Morgan fingerprint density at radius 1 is 1.42 bits per heavy atom. The minimum atomic E-state index is -0.465. The summed E-state index contributed by atoms with van der Waals surface area (Å²) < 4.78 is 0. The predicted molar refractivity (Wildman–Crippen MR) is 74.7 cm³/mol. The quantitative estimate of drug-likeness (QED) is 0.885. The topological polar surface area (TPSA) is 75.1 Å². The van der Waals surface area contributed by atoms with Crippen molar-refractivity contribution in [2.45, 2.75) is 26.2 Å². The molecule has 5 nitrogen and oxygen atoms in total. The fraction of sp³-hybridized carbons (Fsp3) is 0.308. The maximum absolute atomic E-state index is 11.9. The van der Waals surface area contributed by atoms with Gasteiger partial charge in [-0.1, -0.05) is 20.8 Å². The van der Waals surface area contributed by atoms with E-state index in [1.165, 1.54) is 23.6 Å². The molecule has 2 heterocycles. The van der Waals surface area contributed by atoms with Gasteiger partial charge in [0.25, 0.3) is 5.91 Å². The summed E-state index contributed by atoms with van der Waals surface area (Å²) in [5.41, 5.74) is 0.847. The van der Waals surface area contributed by atoms with E-state index in [2.05, 4.69) is 36.1 Å². The molecule has 0 atom stereocenters. The number of nitrogens with zero attached hydrogens (tertiary/aromatic N) is 2. The van der Waals surface area contributed by atoms with E-state index in [4.69, 9.17) is 0 Å². The van der Waals surface area contributed by atoms with Crippen molar-refractivity contribution in [3.63, 3.8) is 0 Å². The largest absolute Gasteiger partial charge is 0.505 e. The summed E-state index contributed by atoms with van der Waals surface area (Å²) in [6.45, 7) is 6.16. The van der Waals surface area contributed by atoms with E-state index in [-0.39, 0.29) is 16.9 Å². The van der Waals surface area contributed by atoms with Crippen molar-refractivity contribution in [2.24, 2.45) is 0 Å². The van der Waals surface area contributed by atoms with Gasteiger partial charge in [-0.25, -0.2) is 9.97 Å². The van der Waals surface area contributed by atoms with E-state index < -0.39 is 5.91 Å². The SMILES string of the molecule is CC(C)(C)c1csc(NC(=O)c2ncccc2O)n1. The molecule has 1 amide bonds. The van der Waals surface area contributed by atoms with E-state index in [0.29, 0.717) is 5.13 Å². The van der Waals surface area contributed by atoms with Crippen LogP contribution in [-0.2, 0) is 5.41 Å². The number of nitrogens with one attached hydrogen (secondary N) is 1. The lowest BCUT2D eigenvalue weighted by molar-refractivity contribution is 0.101. The third kappa shape index (κ3) is 3.08. The number of amides is 1. The summed E-state index contributed by atoms with van der Waals surface area (Å²) in [5, 5.41) is 14.6. The summed E-state index contributed by atoms with van der Waals surface area (Å²) in [6, 6.07) is 2.98. The van der Waals surface area contributed by atoms with Crippen molar-refractivity contribution in [3.8, 4) is 5.75 Å². The molecule has 100 valence electrons. The summed E-state index contributed by atoms with van der Waals surface area (Å²) >= 11 is 1.35. The van der Waals surface area contributed by atoms with E-state index in [1.54, 1.807) is 6.07 Å². The molecule has 0 bridgehead atoms. The number of carbonyl (C=O) groups excluding carboxylic acids is 1. The first-order valence-electron chi connectivity index (χ1n) is 5.79. The van der Waals surface area contributed by atoms with Crippen molar-refractivity contribution in [1.82, 2.24) is 9.97 Å². The monoisotopic (exact) mass is 277 g/mol. The molecule has 0 radical (unpaired) electrons. The van der Waals surface area contributed by atoms with Crippen LogP contribution in [0.4, 0.5) is 5.13 Å². The molecule has 2 rings (SSSR count). The molecule has 0 fully saturated rings. The van der Waals surface area contributed by atoms with Crippen LogP contribution in [0.15, 0.2) is 23.7 Å². The van der Waals surface area contributed by atoms with Crippen LogP contribution in [0.3, 0.4) is 0 Å². The predicted octanol–water partition coefficient (Wildman–Crippen LogP) is 2.79. The highest BCUT2D eigenvalue weighted by Crippen LogP contribution is 2.26. The molecule has 0 saturated carbocycles. The van der Waals surface area contributed by atoms with Gasteiger partial charge in [0.15, 0.2) is 10.8 Å². The van der Waals surface area contributed by atoms with Crippen molar-refractivity contribution in [1.29, 1.82) is 0 Å². The van der Waals surface area contributed by atoms with Gasteiger partial charge in [-0.05, 0) is 12.1 Å². The summed E-state index contributed by atoms with van der Waals surface area (Å²) in [4.78, 5) is 20.1. The number of aromatic hydroxyl groups is 1. The fourth-order valence-corrected chi connectivity index (χ4v) is 2.34.